The van der Waals surface area contributed by atoms with Crippen molar-refractivity contribution >= 4 is 33.3 Å². The zero-order chi connectivity index (χ0) is 19.1. The molecule has 0 bridgehead atoms. The summed E-state index contributed by atoms with van der Waals surface area (Å²) in [6, 6.07) is 13.7. The fourth-order valence-electron chi connectivity index (χ4n) is 3.24. The maximum atomic E-state index is 12.7. The highest BCUT2D eigenvalue weighted by Gasteiger charge is 2.17. The highest BCUT2D eigenvalue weighted by molar-refractivity contribution is 6.06. The minimum Gasteiger partial charge on any atom is -0.417 e. The number of H-pyrrole nitrogens is 1. The van der Waals surface area contributed by atoms with Gasteiger partial charge in [0.25, 0.3) is 5.91 Å². The second kappa shape index (κ2) is 6.25. The SMILES string of the molecule is Cc1cc(=O)[nH]c2ccc(NC(=O)c3oc(=O)c4ccccc4c3C)cc12. The topological polar surface area (TPSA) is 92.2 Å². The molecule has 4 rings (SSSR count). The van der Waals surface area contributed by atoms with Gasteiger partial charge >= 0.3 is 5.63 Å². The molecule has 0 spiro atoms. The van der Waals surface area contributed by atoms with E-state index in [1.165, 1.54) is 6.07 Å². The lowest BCUT2D eigenvalue weighted by molar-refractivity contribution is 0.0992. The summed E-state index contributed by atoms with van der Waals surface area (Å²) in [6.45, 7) is 3.57. The Bertz CT molecular complexity index is 1330. The third kappa shape index (κ3) is 2.91. The van der Waals surface area contributed by atoms with E-state index in [9.17, 15) is 14.4 Å². The normalized spacial score (nSPS) is 11.0. The number of hydrogen-bond donors (Lipinski definition) is 2. The number of hydrogen-bond acceptors (Lipinski definition) is 4. The van der Waals surface area contributed by atoms with Crippen LogP contribution in [0.15, 0.2) is 62.5 Å². The van der Waals surface area contributed by atoms with Crippen LogP contribution in [-0.4, -0.2) is 10.9 Å². The van der Waals surface area contributed by atoms with E-state index < -0.39 is 11.5 Å². The summed E-state index contributed by atoms with van der Waals surface area (Å²) in [5.74, 6) is -0.520. The molecule has 134 valence electrons. The molecule has 1 amide bonds. The van der Waals surface area contributed by atoms with Gasteiger partial charge in [0.2, 0.25) is 5.56 Å². The Kier molecular flexibility index (Phi) is 3.88. The number of fused-ring (bicyclic) bond motifs is 2. The fourth-order valence-corrected chi connectivity index (χ4v) is 3.24. The van der Waals surface area contributed by atoms with Gasteiger partial charge in [0.15, 0.2) is 5.76 Å². The van der Waals surface area contributed by atoms with Gasteiger partial charge in [-0.25, -0.2) is 4.79 Å². The van der Waals surface area contributed by atoms with E-state index in [1.807, 2.05) is 13.0 Å². The first kappa shape index (κ1) is 16.8. The first-order valence-corrected chi connectivity index (χ1v) is 8.41. The van der Waals surface area contributed by atoms with Crippen molar-refractivity contribution in [3.8, 4) is 0 Å². The van der Waals surface area contributed by atoms with Gasteiger partial charge in [-0.2, -0.15) is 0 Å². The quantitative estimate of drug-likeness (QED) is 0.572. The van der Waals surface area contributed by atoms with Crippen LogP contribution in [0.1, 0.15) is 21.7 Å². The number of aryl methyl sites for hydroxylation is 2. The van der Waals surface area contributed by atoms with Crippen molar-refractivity contribution in [1.29, 1.82) is 0 Å². The van der Waals surface area contributed by atoms with Gasteiger partial charge in [-0.05, 0) is 49.1 Å². The van der Waals surface area contributed by atoms with E-state index in [0.717, 1.165) is 10.9 Å². The Hall–Kier alpha value is -3.67. The van der Waals surface area contributed by atoms with Crippen LogP contribution in [0.5, 0.6) is 0 Å². The summed E-state index contributed by atoms with van der Waals surface area (Å²) < 4.78 is 5.27. The predicted molar refractivity (Wildman–Crippen MR) is 104 cm³/mol. The Morgan fingerprint density at radius 3 is 2.48 bits per heavy atom. The monoisotopic (exact) mass is 360 g/mol. The zero-order valence-corrected chi connectivity index (χ0v) is 14.8. The van der Waals surface area contributed by atoms with E-state index in [2.05, 4.69) is 10.3 Å². The van der Waals surface area contributed by atoms with E-state index in [4.69, 9.17) is 4.42 Å². The maximum absolute atomic E-state index is 12.7. The Morgan fingerprint density at radius 2 is 1.70 bits per heavy atom. The van der Waals surface area contributed by atoms with Crippen LogP contribution in [0, 0.1) is 13.8 Å². The average molecular weight is 360 g/mol. The van der Waals surface area contributed by atoms with Crippen molar-refractivity contribution in [2.45, 2.75) is 13.8 Å². The van der Waals surface area contributed by atoms with E-state index in [1.54, 1.807) is 43.3 Å². The molecule has 27 heavy (non-hydrogen) atoms. The third-order valence-electron chi connectivity index (χ3n) is 4.60. The number of nitrogens with one attached hydrogen (secondary N) is 2. The average Bonchev–Trinajstić information content (AvgIpc) is 2.65. The molecule has 0 aliphatic heterocycles. The molecular weight excluding hydrogens is 344 g/mol. The summed E-state index contributed by atoms with van der Waals surface area (Å²) in [5.41, 5.74) is 1.91. The first-order valence-electron chi connectivity index (χ1n) is 8.41. The second-order valence-electron chi connectivity index (χ2n) is 6.42. The van der Waals surface area contributed by atoms with Crippen LogP contribution in [0.2, 0.25) is 0 Å². The van der Waals surface area contributed by atoms with Gasteiger partial charge in [0.1, 0.15) is 0 Å². The maximum Gasteiger partial charge on any atom is 0.344 e. The smallest absolute Gasteiger partial charge is 0.344 e. The van der Waals surface area contributed by atoms with E-state index in [-0.39, 0.29) is 11.3 Å². The number of carbonyl (C=O) groups is 1. The van der Waals surface area contributed by atoms with Crippen molar-refractivity contribution in [3.63, 3.8) is 0 Å². The molecule has 0 aliphatic carbocycles. The van der Waals surface area contributed by atoms with E-state index in [0.29, 0.717) is 27.5 Å². The number of anilines is 1. The highest BCUT2D eigenvalue weighted by atomic mass is 16.4. The number of pyridine rings is 1. The minimum atomic E-state index is -0.548. The summed E-state index contributed by atoms with van der Waals surface area (Å²) >= 11 is 0. The van der Waals surface area contributed by atoms with Crippen molar-refractivity contribution in [1.82, 2.24) is 4.98 Å². The molecule has 2 aromatic heterocycles. The largest absolute Gasteiger partial charge is 0.417 e. The molecule has 0 fully saturated rings. The molecule has 4 aromatic rings. The van der Waals surface area contributed by atoms with Gasteiger partial charge in [-0.3, -0.25) is 9.59 Å². The molecule has 0 saturated carbocycles. The van der Waals surface area contributed by atoms with Crippen LogP contribution in [-0.2, 0) is 0 Å². The fraction of sp³-hybridized carbons (Fsp3) is 0.0952. The minimum absolute atomic E-state index is 0.0167. The lowest BCUT2D eigenvalue weighted by atomic mass is 10.1. The molecule has 0 aliphatic rings. The van der Waals surface area contributed by atoms with Crippen LogP contribution >= 0.6 is 0 Å². The van der Waals surface area contributed by atoms with Crippen LogP contribution in [0.3, 0.4) is 0 Å². The van der Waals surface area contributed by atoms with Crippen molar-refractivity contribution in [2.24, 2.45) is 0 Å². The van der Waals surface area contributed by atoms with Crippen LogP contribution in [0.25, 0.3) is 21.7 Å². The molecule has 6 nitrogen and oxygen atoms in total. The Balaban J connectivity index is 1.76. The van der Waals surface area contributed by atoms with Gasteiger partial charge in [0.05, 0.1) is 5.39 Å². The third-order valence-corrected chi connectivity index (χ3v) is 4.60. The summed E-state index contributed by atoms with van der Waals surface area (Å²) in [6.07, 6.45) is 0. The molecule has 0 atom stereocenters. The first-order chi connectivity index (χ1) is 12.9. The molecule has 0 saturated heterocycles. The van der Waals surface area contributed by atoms with Gasteiger partial charge in [0, 0.05) is 28.2 Å². The summed E-state index contributed by atoms with van der Waals surface area (Å²) in [5, 5.41) is 4.71. The number of aromatic amines is 1. The van der Waals surface area contributed by atoms with Crippen LogP contribution < -0.4 is 16.5 Å². The molecule has 0 radical (unpaired) electrons. The van der Waals surface area contributed by atoms with E-state index >= 15 is 0 Å². The molecule has 2 N–H and O–H groups in total. The number of amides is 1. The molecular formula is C21H16N2O4. The van der Waals surface area contributed by atoms with Crippen molar-refractivity contribution in [3.05, 3.63) is 86.2 Å². The molecule has 2 heterocycles. The number of aromatic nitrogens is 1. The number of carbonyl (C=O) groups excluding carboxylic acids is 1. The molecule has 0 unspecified atom stereocenters. The van der Waals surface area contributed by atoms with Gasteiger partial charge < -0.3 is 14.7 Å². The van der Waals surface area contributed by atoms with Crippen molar-refractivity contribution < 1.29 is 9.21 Å². The molecule has 2 aromatic carbocycles. The van der Waals surface area contributed by atoms with Crippen LogP contribution in [0.4, 0.5) is 5.69 Å². The van der Waals surface area contributed by atoms with Crippen molar-refractivity contribution in [2.75, 3.05) is 5.32 Å². The summed E-state index contributed by atoms with van der Waals surface area (Å²) in [4.78, 5) is 39.2. The Labute approximate surface area is 153 Å². The lowest BCUT2D eigenvalue weighted by Crippen LogP contribution is -2.17. The molecule has 6 heteroatoms. The van der Waals surface area contributed by atoms with Gasteiger partial charge in [-0.15, -0.1) is 0 Å². The second-order valence-corrected chi connectivity index (χ2v) is 6.42. The predicted octanol–water partition coefficient (Wildman–Crippen LogP) is 3.50. The number of benzene rings is 2. The Morgan fingerprint density at radius 1 is 0.963 bits per heavy atom. The van der Waals surface area contributed by atoms with Gasteiger partial charge in [-0.1, -0.05) is 18.2 Å². The zero-order valence-electron chi connectivity index (χ0n) is 14.8. The standard InChI is InChI=1S/C21H16N2O4/c1-11-9-18(24)23-17-8-7-13(10-16(11)17)22-20(25)19-12(2)14-5-3-4-6-15(14)21(26)27-19/h3-10H,1-2H3,(H,22,25)(H,23,24). The highest BCUT2D eigenvalue weighted by Crippen LogP contribution is 2.22. The summed E-state index contributed by atoms with van der Waals surface area (Å²) in [7, 11) is 0. The number of rotatable bonds is 2. The lowest BCUT2D eigenvalue weighted by Gasteiger charge is -2.10.